The first-order chi connectivity index (χ1) is 21.3. The molecule has 0 N–H and O–H groups in total. The molecule has 2 rings (SSSR count). The second kappa shape index (κ2) is 27.9. The summed E-state index contributed by atoms with van der Waals surface area (Å²) in [4.78, 5) is 0. The van der Waals surface area contributed by atoms with E-state index in [2.05, 4.69) is 72.8 Å². The predicted octanol–water partition coefficient (Wildman–Crippen LogP) is 11.5. The molecule has 0 saturated carbocycles. The Labute approximate surface area is 273 Å². The van der Waals surface area contributed by atoms with Crippen LogP contribution in [-0.2, 0) is 40.3 Å². The monoisotopic (exact) mass is 630 g/mol. The van der Waals surface area contributed by atoms with Crippen LogP contribution in [0.3, 0.4) is 0 Å². The second-order valence-electron chi connectivity index (χ2n) is 11.3. The van der Waals surface area contributed by atoms with Gasteiger partial charge < -0.3 is 14.2 Å². The Morgan fingerprint density at radius 3 is 1.16 bits per heavy atom. The van der Waals surface area contributed by atoms with Crippen molar-refractivity contribution in [1.82, 2.24) is 0 Å². The molecule has 0 saturated heterocycles. The molecule has 0 amide bonds. The molecule has 3 nitrogen and oxygen atoms in total. The van der Waals surface area contributed by atoms with Gasteiger partial charge >= 0.3 is 0 Å². The Kier molecular flexibility index (Phi) is 24.4. The maximum absolute atomic E-state index is 5.72. The summed E-state index contributed by atoms with van der Waals surface area (Å²) in [6.07, 6.45) is 28.7. The fraction of sp³-hybridized carbons (Fsp3) is 0.579. The number of allylic oxidation sites excluding steroid dienone is 4. The van der Waals surface area contributed by atoms with Crippen molar-refractivity contribution in [3.05, 3.63) is 95.1 Å². The molecule has 0 atom stereocenters. The van der Waals surface area contributed by atoms with Gasteiger partial charge in [0.1, 0.15) is 13.6 Å². The third kappa shape index (κ3) is 21.7. The van der Waals surface area contributed by atoms with Crippen molar-refractivity contribution in [1.29, 1.82) is 0 Å². The highest BCUT2D eigenvalue weighted by atomic mass is 35.5. The Hall–Kier alpha value is -1.62. The van der Waals surface area contributed by atoms with Crippen LogP contribution < -0.4 is 0 Å². The average Bonchev–Trinajstić information content (AvgIpc) is 3.03. The molecular formula is C38H56Cl2O3. The largest absolute Gasteiger partial charge is 0.351 e. The maximum atomic E-state index is 5.72. The first kappa shape index (κ1) is 37.6. The summed E-state index contributed by atoms with van der Waals surface area (Å²) in [7, 11) is 0. The zero-order chi connectivity index (χ0) is 30.5. The summed E-state index contributed by atoms with van der Waals surface area (Å²) >= 11 is 11.4. The Bertz CT molecular complexity index is 863. The average molecular weight is 632 g/mol. The van der Waals surface area contributed by atoms with Crippen molar-refractivity contribution >= 4 is 23.2 Å². The van der Waals surface area contributed by atoms with Gasteiger partial charge in [-0.2, -0.15) is 0 Å². The van der Waals surface area contributed by atoms with Gasteiger partial charge in [-0.1, -0.05) is 111 Å². The predicted molar refractivity (Wildman–Crippen MR) is 185 cm³/mol. The van der Waals surface area contributed by atoms with E-state index in [9.17, 15) is 0 Å². The number of benzene rings is 2. The van der Waals surface area contributed by atoms with Crippen LogP contribution in [0.4, 0.5) is 0 Å². The molecule has 0 aliphatic rings. The topological polar surface area (TPSA) is 27.7 Å². The number of unbranched alkanes of at least 4 members (excludes halogenated alkanes) is 10. The maximum Gasteiger partial charge on any atom is 0.150 e. The zero-order valence-electron chi connectivity index (χ0n) is 26.5. The van der Waals surface area contributed by atoms with Crippen LogP contribution in [0.2, 0.25) is 0 Å². The summed E-state index contributed by atoms with van der Waals surface area (Å²) < 4.78 is 16.8. The quantitative estimate of drug-likeness (QED) is 0.0405. The molecule has 0 aliphatic carbocycles. The van der Waals surface area contributed by atoms with Gasteiger partial charge in [-0.15, -0.1) is 23.2 Å². The van der Waals surface area contributed by atoms with Crippen molar-refractivity contribution in [2.75, 3.05) is 25.3 Å². The molecule has 0 heterocycles. The highest BCUT2D eigenvalue weighted by molar-refractivity contribution is 6.18. The second-order valence-corrected chi connectivity index (χ2v) is 12.0. The summed E-state index contributed by atoms with van der Waals surface area (Å²) in [5.41, 5.74) is 5.03. The van der Waals surface area contributed by atoms with Crippen LogP contribution in [-0.4, -0.2) is 25.3 Å². The van der Waals surface area contributed by atoms with Crippen LogP contribution >= 0.6 is 23.2 Å². The lowest BCUT2D eigenvalue weighted by molar-refractivity contribution is -0.139. The summed E-state index contributed by atoms with van der Waals surface area (Å²) in [5.74, 6) is 1.59. The molecule has 0 aliphatic heterocycles. The van der Waals surface area contributed by atoms with Gasteiger partial charge in [0, 0.05) is 11.8 Å². The Morgan fingerprint density at radius 2 is 0.744 bits per heavy atom. The van der Waals surface area contributed by atoms with Crippen molar-refractivity contribution in [2.24, 2.45) is 0 Å². The number of alkyl halides is 2. The van der Waals surface area contributed by atoms with Crippen molar-refractivity contribution < 1.29 is 14.2 Å². The van der Waals surface area contributed by atoms with Crippen LogP contribution in [0.5, 0.6) is 0 Å². The molecule has 43 heavy (non-hydrogen) atoms. The molecule has 2 aromatic carbocycles. The fourth-order valence-corrected chi connectivity index (χ4v) is 5.20. The number of hydrogen-bond donors (Lipinski definition) is 0. The lowest BCUT2D eigenvalue weighted by atomic mass is 10.1. The molecule has 0 radical (unpaired) electrons. The van der Waals surface area contributed by atoms with Gasteiger partial charge in [0.15, 0.2) is 0 Å². The third-order valence-corrected chi connectivity index (χ3v) is 7.99. The van der Waals surface area contributed by atoms with Gasteiger partial charge in [-0.05, 0) is 86.5 Å². The molecule has 0 fully saturated rings. The van der Waals surface area contributed by atoms with Gasteiger partial charge in [-0.3, -0.25) is 0 Å². The molecule has 0 spiro atoms. The smallest absolute Gasteiger partial charge is 0.150 e. The van der Waals surface area contributed by atoms with Crippen molar-refractivity contribution in [3.8, 4) is 0 Å². The summed E-state index contributed by atoms with van der Waals surface area (Å²) in [6.45, 7) is 1.52. The standard InChI is InChI=1S/C38H56Cl2O3/c39-29-17-13-9-5-1-3-7-11-15-19-35-21-25-37(26-22-35)31-41-33-43-34-42-32-38-27-23-36(24-28-38)20-16-12-8-4-2-6-10-14-18-30-40/h7-8,11-12,21-28H,1-6,9-10,13-20,29-34H2/b11-7-,12-8-. The summed E-state index contributed by atoms with van der Waals surface area (Å²) in [5, 5.41) is 0. The minimum atomic E-state index is 0.222. The molecule has 240 valence electrons. The van der Waals surface area contributed by atoms with E-state index in [1.807, 2.05) is 0 Å². The number of ether oxygens (including phenoxy) is 3. The van der Waals surface area contributed by atoms with E-state index in [-0.39, 0.29) is 13.6 Å². The SMILES string of the molecule is ClCCCCCCC/C=C\CCc1ccc(COCOCOCc2ccc(CC/C=C\CCCCCCCCl)cc2)cc1. The van der Waals surface area contributed by atoms with E-state index < -0.39 is 0 Å². The van der Waals surface area contributed by atoms with E-state index >= 15 is 0 Å². The molecule has 0 bridgehead atoms. The molecular weight excluding hydrogens is 575 g/mol. The number of hydrogen-bond acceptors (Lipinski definition) is 3. The van der Waals surface area contributed by atoms with E-state index in [1.165, 1.54) is 75.3 Å². The van der Waals surface area contributed by atoms with Crippen molar-refractivity contribution in [3.63, 3.8) is 0 Å². The van der Waals surface area contributed by atoms with Gasteiger partial charge in [0.25, 0.3) is 0 Å². The van der Waals surface area contributed by atoms with Gasteiger partial charge in [0.05, 0.1) is 13.2 Å². The normalized spacial score (nSPS) is 11.8. The van der Waals surface area contributed by atoms with Crippen LogP contribution in [0.15, 0.2) is 72.8 Å². The van der Waals surface area contributed by atoms with E-state index in [4.69, 9.17) is 37.4 Å². The molecule has 2 aromatic rings. The highest BCUT2D eigenvalue weighted by Crippen LogP contribution is 2.12. The fourth-order valence-electron chi connectivity index (χ4n) is 4.82. The third-order valence-electron chi connectivity index (χ3n) is 7.46. The molecule has 0 aromatic heterocycles. The lowest BCUT2D eigenvalue weighted by Gasteiger charge is -2.08. The van der Waals surface area contributed by atoms with E-state index in [0.717, 1.165) is 61.4 Å². The van der Waals surface area contributed by atoms with Crippen LogP contribution in [0.1, 0.15) is 112 Å². The molecule has 0 unspecified atom stereocenters. The minimum Gasteiger partial charge on any atom is -0.351 e. The Morgan fingerprint density at radius 1 is 0.395 bits per heavy atom. The number of rotatable bonds is 28. The zero-order valence-corrected chi connectivity index (χ0v) is 28.0. The van der Waals surface area contributed by atoms with Gasteiger partial charge in [0.2, 0.25) is 0 Å². The van der Waals surface area contributed by atoms with Crippen LogP contribution in [0.25, 0.3) is 0 Å². The molecule has 5 heteroatoms. The Balaban J connectivity index is 1.43. The minimum absolute atomic E-state index is 0.222. The van der Waals surface area contributed by atoms with Gasteiger partial charge in [-0.25, -0.2) is 0 Å². The van der Waals surface area contributed by atoms with Crippen LogP contribution in [0, 0.1) is 0 Å². The van der Waals surface area contributed by atoms with E-state index in [0.29, 0.717) is 13.2 Å². The first-order valence-corrected chi connectivity index (χ1v) is 17.7. The summed E-state index contributed by atoms with van der Waals surface area (Å²) in [6, 6.07) is 17.4. The number of halogens is 2. The first-order valence-electron chi connectivity index (χ1n) is 16.6. The van der Waals surface area contributed by atoms with Crippen molar-refractivity contribution in [2.45, 2.75) is 116 Å². The lowest BCUT2D eigenvalue weighted by Crippen LogP contribution is -2.05. The highest BCUT2D eigenvalue weighted by Gasteiger charge is 1.98. The van der Waals surface area contributed by atoms with E-state index in [1.54, 1.807) is 0 Å². The number of aryl methyl sites for hydroxylation is 2.